The molecule has 0 atom stereocenters. The van der Waals surface area contributed by atoms with Crippen LogP contribution in [0.1, 0.15) is 19.3 Å². The number of piperidine rings is 1. The lowest BCUT2D eigenvalue weighted by Gasteiger charge is -2.38. The van der Waals surface area contributed by atoms with Gasteiger partial charge in [0.25, 0.3) is 5.69 Å². The monoisotopic (exact) mass is 392 g/mol. The summed E-state index contributed by atoms with van der Waals surface area (Å²) in [5.74, 6) is 0.321. The summed E-state index contributed by atoms with van der Waals surface area (Å²) in [4.78, 5) is 41.5. The molecule has 2 heterocycles. The number of hydrogen-bond acceptors (Lipinski definition) is 5. The molecule has 0 bridgehead atoms. The Labute approximate surface area is 162 Å². The van der Waals surface area contributed by atoms with Gasteiger partial charge in [-0.1, -0.05) is 0 Å². The van der Waals surface area contributed by atoms with Gasteiger partial charge in [-0.05, 0) is 31.4 Å². The lowest BCUT2D eigenvalue weighted by Crippen LogP contribution is -2.55. The van der Waals surface area contributed by atoms with Crippen LogP contribution in [0.25, 0.3) is 0 Å². The van der Waals surface area contributed by atoms with E-state index in [2.05, 4.69) is 0 Å². The van der Waals surface area contributed by atoms with E-state index in [0.29, 0.717) is 26.2 Å². The average Bonchev–Trinajstić information content (AvgIpc) is 2.72. The van der Waals surface area contributed by atoms with Gasteiger partial charge >= 0.3 is 6.03 Å². The summed E-state index contributed by atoms with van der Waals surface area (Å²) in [6.07, 6.45) is 3.34. The largest absolute Gasteiger partial charge is 0.338 e. The Kier molecular flexibility index (Phi) is 6.54. The van der Waals surface area contributed by atoms with Crippen LogP contribution in [0, 0.1) is 10.1 Å². The SMILES string of the molecule is O=C(CSc1ccc([N+](=O)[O-])cc1)N1CCN(C(=O)N2CCCCC2)CC1. The van der Waals surface area contributed by atoms with Gasteiger partial charge < -0.3 is 14.7 Å². The van der Waals surface area contributed by atoms with Crippen molar-refractivity contribution >= 4 is 29.4 Å². The van der Waals surface area contributed by atoms with Crippen LogP contribution in [0.2, 0.25) is 0 Å². The minimum atomic E-state index is -0.440. The summed E-state index contributed by atoms with van der Waals surface area (Å²) in [5, 5.41) is 10.7. The summed E-state index contributed by atoms with van der Waals surface area (Å²) >= 11 is 1.37. The summed E-state index contributed by atoms with van der Waals surface area (Å²) < 4.78 is 0. The van der Waals surface area contributed by atoms with Crippen LogP contribution >= 0.6 is 11.8 Å². The first-order valence-electron chi connectivity index (χ1n) is 9.23. The van der Waals surface area contributed by atoms with E-state index in [1.165, 1.54) is 30.3 Å². The average molecular weight is 392 g/mol. The Morgan fingerprint density at radius 2 is 1.44 bits per heavy atom. The van der Waals surface area contributed by atoms with Gasteiger partial charge in [0.2, 0.25) is 5.91 Å². The van der Waals surface area contributed by atoms with E-state index < -0.39 is 4.92 Å². The van der Waals surface area contributed by atoms with Crippen molar-refractivity contribution in [2.24, 2.45) is 0 Å². The van der Waals surface area contributed by atoms with Crippen molar-refractivity contribution in [3.63, 3.8) is 0 Å². The third kappa shape index (κ3) is 5.12. The predicted octanol–water partition coefficient (Wildman–Crippen LogP) is 2.44. The number of nitro groups is 1. The molecule has 2 saturated heterocycles. The summed E-state index contributed by atoms with van der Waals surface area (Å²) in [6.45, 7) is 3.93. The first kappa shape index (κ1) is 19.5. The first-order chi connectivity index (χ1) is 13.0. The standard InChI is InChI=1S/C18H24N4O4S/c23-17(14-27-16-6-4-15(5-7-16)22(25)26)19-10-12-21(13-11-19)18(24)20-8-2-1-3-9-20/h4-7H,1-3,8-14H2. The number of thioether (sulfide) groups is 1. The van der Waals surface area contributed by atoms with Crippen molar-refractivity contribution in [3.8, 4) is 0 Å². The lowest BCUT2D eigenvalue weighted by atomic mass is 10.1. The molecule has 0 N–H and O–H groups in total. The van der Waals surface area contributed by atoms with Crippen molar-refractivity contribution in [1.82, 2.24) is 14.7 Å². The van der Waals surface area contributed by atoms with Gasteiger partial charge in [0, 0.05) is 56.3 Å². The first-order valence-corrected chi connectivity index (χ1v) is 10.2. The second-order valence-electron chi connectivity index (χ2n) is 6.74. The van der Waals surface area contributed by atoms with Crippen molar-refractivity contribution in [1.29, 1.82) is 0 Å². The zero-order chi connectivity index (χ0) is 19.2. The second kappa shape index (κ2) is 9.07. The molecule has 0 radical (unpaired) electrons. The molecule has 3 rings (SSSR count). The molecule has 2 aliphatic rings. The Bertz CT molecular complexity index is 683. The van der Waals surface area contributed by atoms with E-state index in [1.54, 1.807) is 17.0 Å². The van der Waals surface area contributed by atoms with Crippen molar-refractivity contribution < 1.29 is 14.5 Å². The predicted molar refractivity (Wildman–Crippen MR) is 103 cm³/mol. The third-order valence-corrected chi connectivity index (χ3v) is 5.94. The molecule has 27 heavy (non-hydrogen) atoms. The topological polar surface area (TPSA) is 87.0 Å². The van der Waals surface area contributed by atoms with Gasteiger partial charge in [-0.3, -0.25) is 14.9 Å². The molecule has 0 aromatic heterocycles. The highest BCUT2D eigenvalue weighted by molar-refractivity contribution is 8.00. The highest BCUT2D eigenvalue weighted by Gasteiger charge is 2.27. The maximum atomic E-state index is 12.5. The fourth-order valence-electron chi connectivity index (χ4n) is 3.33. The third-order valence-electron chi connectivity index (χ3n) is 4.94. The number of piperazine rings is 1. The number of carbonyl (C=O) groups is 2. The van der Waals surface area contributed by atoms with Crippen LogP contribution in [-0.2, 0) is 4.79 Å². The van der Waals surface area contributed by atoms with Gasteiger partial charge in [0.05, 0.1) is 10.7 Å². The molecule has 2 fully saturated rings. The number of likely N-dealkylation sites (tertiary alicyclic amines) is 1. The van der Waals surface area contributed by atoms with Gasteiger partial charge in [0.1, 0.15) is 0 Å². The fourth-order valence-corrected chi connectivity index (χ4v) is 4.13. The highest BCUT2D eigenvalue weighted by atomic mass is 32.2. The van der Waals surface area contributed by atoms with Crippen molar-refractivity contribution in [2.45, 2.75) is 24.2 Å². The Hall–Kier alpha value is -2.29. The number of urea groups is 1. The van der Waals surface area contributed by atoms with Gasteiger partial charge in [-0.2, -0.15) is 0 Å². The van der Waals surface area contributed by atoms with Gasteiger partial charge in [-0.15, -0.1) is 11.8 Å². The van der Waals surface area contributed by atoms with E-state index in [-0.39, 0.29) is 23.4 Å². The summed E-state index contributed by atoms with van der Waals surface area (Å²) in [6, 6.07) is 6.30. The number of benzene rings is 1. The minimum absolute atomic E-state index is 0.0309. The number of amides is 3. The molecule has 0 aliphatic carbocycles. The van der Waals surface area contributed by atoms with Crippen molar-refractivity contribution in [2.75, 3.05) is 45.0 Å². The molecule has 146 valence electrons. The highest BCUT2D eigenvalue weighted by Crippen LogP contribution is 2.22. The smallest absolute Gasteiger partial charge is 0.320 e. The molecule has 2 aliphatic heterocycles. The second-order valence-corrected chi connectivity index (χ2v) is 7.79. The number of nitro benzene ring substituents is 1. The normalized spacial score (nSPS) is 17.7. The van der Waals surface area contributed by atoms with E-state index in [0.717, 1.165) is 30.8 Å². The van der Waals surface area contributed by atoms with Crippen LogP contribution in [0.4, 0.5) is 10.5 Å². The number of non-ortho nitro benzene ring substituents is 1. The molecule has 0 saturated carbocycles. The van der Waals surface area contributed by atoms with Crippen LogP contribution in [0.3, 0.4) is 0 Å². The van der Waals surface area contributed by atoms with Crippen LogP contribution in [0.5, 0.6) is 0 Å². The lowest BCUT2D eigenvalue weighted by molar-refractivity contribution is -0.384. The number of nitrogens with zero attached hydrogens (tertiary/aromatic N) is 4. The quantitative estimate of drug-likeness (QED) is 0.446. The molecular formula is C18H24N4O4S. The Balaban J connectivity index is 1.42. The molecular weight excluding hydrogens is 368 g/mol. The van der Waals surface area contributed by atoms with E-state index in [4.69, 9.17) is 0 Å². The van der Waals surface area contributed by atoms with Crippen LogP contribution in [-0.4, -0.2) is 76.6 Å². The molecule has 0 unspecified atom stereocenters. The zero-order valence-electron chi connectivity index (χ0n) is 15.2. The number of carbonyl (C=O) groups excluding carboxylic acids is 2. The van der Waals surface area contributed by atoms with E-state index in [1.807, 2.05) is 9.80 Å². The fraction of sp³-hybridized carbons (Fsp3) is 0.556. The van der Waals surface area contributed by atoms with Crippen LogP contribution in [0.15, 0.2) is 29.2 Å². The molecule has 3 amide bonds. The Morgan fingerprint density at radius 1 is 0.889 bits per heavy atom. The molecule has 8 nitrogen and oxygen atoms in total. The van der Waals surface area contributed by atoms with E-state index >= 15 is 0 Å². The van der Waals surface area contributed by atoms with Gasteiger partial charge in [-0.25, -0.2) is 4.79 Å². The summed E-state index contributed by atoms with van der Waals surface area (Å²) in [5.41, 5.74) is 0.0418. The summed E-state index contributed by atoms with van der Waals surface area (Å²) in [7, 11) is 0. The molecule has 9 heteroatoms. The van der Waals surface area contributed by atoms with E-state index in [9.17, 15) is 19.7 Å². The maximum absolute atomic E-state index is 12.5. The van der Waals surface area contributed by atoms with Gasteiger partial charge in [0.15, 0.2) is 0 Å². The van der Waals surface area contributed by atoms with Crippen molar-refractivity contribution in [3.05, 3.63) is 34.4 Å². The molecule has 1 aromatic carbocycles. The number of hydrogen-bond donors (Lipinski definition) is 0. The number of rotatable bonds is 4. The Morgan fingerprint density at radius 3 is 2.04 bits per heavy atom. The zero-order valence-corrected chi connectivity index (χ0v) is 16.0. The minimum Gasteiger partial charge on any atom is -0.338 e. The molecule has 1 aromatic rings. The van der Waals surface area contributed by atoms with Crippen LogP contribution < -0.4 is 0 Å². The maximum Gasteiger partial charge on any atom is 0.320 e. The molecule has 0 spiro atoms.